The topological polar surface area (TPSA) is 54.3 Å². The minimum atomic E-state index is 0.147. The van der Waals surface area contributed by atoms with Gasteiger partial charge in [-0.15, -0.1) is 0 Å². The van der Waals surface area contributed by atoms with Gasteiger partial charge in [0.05, 0.1) is 12.1 Å². The highest BCUT2D eigenvalue weighted by molar-refractivity contribution is 7.08. The molecule has 7 heteroatoms. The van der Waals surface area contributed by atoms with Crippen molar-refractivity contribution in [1.29, 1.82) is 0 Å². The number of hydrogen-bond acceptors (Lipinski definition) is 5. The largest absolute Gasteiger partial charge is 0.336 e. The molecule has 1 aliphatic rings. The lowest BCUT2D eigenvalue weighted by Crippen LogP contribution is -2.48. The van der Waals surface area contributed by atoms with E-state index in [1.807, 2.05) is 26.4 Å². The van der Waals surface area contributed by atoms with Crippen LogP contribution in [0.15, 0.2) is 23.2 Å². The van der Waals surface area contributed by atoms with Crippen LogP contribution < -0.4 is 0 Å². The Bertz CT molecular complexity index is 629. The van der Waals surface area contributed by atoms with Gasteiger partial charge in [0, 0.05) is 38.1 Å². The molecule has 2 aromatic heterocycles. The van der Waals surface area contributed by atoms with E-state index in [1.54, 1.807) is 17.7 Å². The molecule has 0 atom stereocenters. The van der Waals surface area contributed by atoms with Gasteiger partial charge in [-0.25, -0.2) is 9.67 Å². The first-order valence-corrected chi connectivity index (χ1v) is 8.98. The zero-order valence-corrected chi connectivity index (χ0v) is 14.5. The van der Waals surface area contributed by atoms with Gasteiger partial charge in [0.25, 0.3) is 5.91 Å². The number of carbonyl (C=O) groups is 1. The second kappa shape index (κ2) is 7.23. The molecule has 1 saturated heterocycles. The Labute approximate surface area is 140 Å². The summed E-state index contributed by atoms with van der Waals surface area (Å²) in [5.74, 6) is 1.71. The van der Waals surface area contributed by atoms with Crippen molar-refractivity contribution >= 4 is 17.2 Å². The van der Waals surface area contributed by atoms with Gasteiger partial charge in [-0.1, -0.05) is 13.8 Å². The molecular formula is C16H23N5OS. The maximum absolute atomic E-state index is 12.3. The number of hydrogen-bond donors (Lipinski definition) is 0. The van der Waals surface area contributed by atoms with E-state index in [0.29, 0.717) is 5.92 Å². The molecule has 124 valence electrons. The number of rotatable bonds is 5. The Kier molecular flexibility index (Phi) is 5.07. The second-order valence-corrected chi connectivity index (χ2v) is 7.11. The molecule has 1 fully saturated rings. The third kappa shape index (κ3) is 3.97. The summed E-state index contributed by atoms with van der Waals surface area (Å²) in [6.45, 7) is 9.36. The van der Waals surface area contributed by atoms with Crippen molar-refractivity contribution in [3.63, 3.8) is 0 Å². The van der Waals surface area contributed by atoms with Crippen molar-refractivity contribution in [3.05, 3.63) is 34.5 Å². The zero-order chi connectivity index (χ0) is 16.2. The minimum absolute atomic E-state index is 0.147. The van der Waals surface area contributed by atoms with Gasteiger partial charge >= 0.3 is 0 Å². The first kappa shape index (κ1) is 16.1. The molecule has 3 rings (SSSR count). The Hall–Kier alpha value is -1.73. The number of aromatic nitrogens is 3. The first-order chi connectivity index (χ1) is 11.1. The molecule has 1 aliphatic heterocycles. The van der Waals surface area contributed by atoms with E-state index in [-0.39, 0.29) is 5.91 Å². The number of nitrogens with zero attached hydrogens (tertiary/aromatic N) is 5. The average Bonchev–Trinajstić information content (AvgIpc) is 3.19. The van der Waals surface area contributed by atoms with Gasteiger partial charge in [-0.2, -0.15) is 16.4 Å². The Balaban J connectivity index is 1.53. The van der Waals surface area contributed by atoms with Crippen molar-refractivity contribution in [2.24, 2.45) is 5.92 Å². The SMILES string of the molecule is CC(C)Cn1ncnc1CN1CCN(C(=O)c2ccsc2)CC1. The van der Waals surface area contributed by atoms with Crippen LogP contribution in [0.2, 0.25) is 0 Å². The van der Waals surface area contributed by atoms with Crippen LogP contribution in [0.25, 0.3) is 0 Å². The quantitative estimate of drug-likeness (QED) is 0.839. The van der Waals surface area contributed by atoms with Crippen LogP contribution in [0.1, 0.15) is 30.0 Å². The predicted octanol–water partition coefficient (Wildman–Crippen LogP) is 1.95. The standard InChI is InChI=1S/C16H23N5OS/c1-13(2)9-21-15(17-12-18-21)10-19-4-6-20(7-5-19)16(22)14-3-8-23-11-14/h3,8,11-13H,4-7,9-10H2,1-2H3. The molecule has 0 radical (unpaired) electrons. The summed E-state index contributed by atoms with van der Waals surface area (Å²) in [6, 6.07) is 1.90. The monoisotopic (exact) mass is 333 g/mol. The fourth-order valence-electron chi connectivity index (χ4n) is 2.79. The maximum atomic E-state index is 12.3. The van der Waals surface area contributed by atoms with Crippen molar-refractivity contribution in [2.75, 3.05) is 26.2 Å². The summed E-state index contributed by atoms with van der Waals surface area (Å²) in [4.78, 5) is 21.0. The lowest BCUT2D eigenvalue weighted by atomic mass is 10.2. The highest BCUT2D eigenvalue weighted by atomic mass is 32.1. The fourth-order valence-corrected chi connectivity index (χ4v) is 3.42. The van der Waals surface area contributed by atoms with Crippen molar-refractivity contribution in [2.45, 2.75) is 26.9 Å². The summed E-state index contributed by atoms with van der Waals surface area (Å²) in [6.07, 6.45) is 1.63. The molecule has 2 aromatic rings. The average molecular weight is 333 g/mol. The van der Waals surface area contributed by atoms with E-state index in [4.69, 9.17) is 0 Å². The van der Waals surface area contributed by atoms with Crippen LogP contribution in [-0.4, -0.2) is 56.7 Å². The van der Waals surface area contributed by atoms with E-state index in [9.17, 15) is 4.79 Å². The molecule has 0 N–H and O–H groups in total. The zero-order valence-electron chi connectivity index (χ0n) is 13.7. The highest BCUT2D eigenvalue weighted by Gasteiger charge is 2.23. The Morgan fingerprint density at radius 1 is 1.30 bits per heavy atom. The molecular weight excluding hydrogens is 310 g/mol. The molecule has 0 bridgehead atoms. The molecule has 0 aliphatic carbocycles. The highest BCUT2D eigenvalue weighted by Crippen LogP contribution is 2.13. The number of thiophene rings is 1. The fraction of sp³-hybridized carbons (Fsp3) is 0.562. The summed E-state index contributed by atoms with van der Waals surface area (Å²) >= 11 is 1.57. The smallest absolute Gasteiger partial charge is 0.254 e. The number of carbonyl (C=O) groups excluding carboxylic acids is 1. The molecule has 0 spiro atoms. The van der Waals surface area contributed by atoms with Gasteiger partial charge in [-0.05, 0) is 17.4 Å². The molecule has 1 amide bonds. The van der Waals surface area contributed by atoms with E-state index < -0.39 is 0 Å². The van der Waals surface area contributed by atoms with Crippen LogP contribution in [-0.2, 0) is 13.1 Å². The summed E-state index contributed by atoms with van der Waals surface area (Å²) < 4.78 is 1.99. The molecule has 0 unspecified atom stereocenters. The van der Waals surface area contributed by atoms with Gasteiger partial charge in [0.15, 0.2) is 0 Å². The lowest BCUT2D eigenvalue weighted by molar-refractivity contribution is 0.0623. The van der Waals surface area contributed by atoms with Gasteiger partial charge in [-0.3, -0.25) is 9.69 Å². The molecule has 0 aromatic carbocycles. The summed E-state index contributed by atoms with van der Waals surface area (Å²) in [7, 11) is 0. The third-order valence-corrected chi connectivity index (χ3v) is 4.71. The van der Waals surface area contributed by atoms with E-state index in [0.717, 1.165) is 50.7 Å². The van der Waals surface area contributed by atoms with E-state index in [1.165, 1.54) is 0 Å². The first-order valence-electron chi connectivity index (χ1n) is 8.04. The van der Waals surface area contributed by atoms with Crippen LogP contribution in [0, 0.1) is 5.92 Å². The van der Waals surface area contributed by atoms with Crippen molar-refractivity contribution in [1.82, 2.24) is 24.6 Å². The molecule has 23 heavy (non-hydrogen) atoms. The van der Waals surface area contributed by atoms with E-state index in [2.05, 4.69) is 28.8 Å². The lowest BCUT2D eigenvalue weighted by Gasteiger charge is -2.34. The summed E-state index contributed by atoms with van der Waals surface area (Å²) in [5.41, 5.74) is 0.806. The van der Waals surface area contributed by atoms with Crippen LogP contribution in [0.3, 0.4) is 0 Å². The van der Waals surface area contributed by atoms with Crippen LogP contribution in [0.5, 0.6) is 0 Å². The third-order valence-electron chi connectivity index (χ3n) is 4.03. The van der Waals surface area contributed by atoms with Crippen LogP contribution in [0.4, 0.5) is 0 Å². The van der Waals surface area contributed by atoms with Gasteiger partial charge in [0.1, 0.15) is 12.2 Å². The normalized spacial score (nSPS) is 16.2. The predicted molar refractivity (Wildman–Crippen MR) is 90.4 cm³/mol. The second-order valence-electron chi connectivity index (χ2n) is 6.33. The minimum Gasteiger partial charge on any atom is -0.336 e. The maximum Gasteiger partial charge on any atom is 0.254 e. The Morgan fingerprint density at radius 3 is 2.74 bits per heavy atom. The Morgan fingerprint density at radius 2 is 2.09 bits per heavy atom. The number of amides is 1. The molecule has 6 nitrogen and oxygen atoms in total. The van der Waals surface area contributed by atoms with E-state index >= 15 is 0 Å². The summed E-state index contributed by atoms with van der Waals surface area (Å²) in [5, 5.41) is 8.18. The molecule has 0 saturated carbocycles. The van der Waals surface area contributed by atoms with Gasteiger partial charge < -0.3 is 4.90 Å². The van der Waals surface area contributed by atoms with Crippen molar-refractivity contribution < 1.29 is 4.79 Å². The van der Waals surface area contributed by atoms with Gasteiger partial charge in [0.2, 0.25) is 0 Å². The number of piperazine rings is 1. The van der Waals surface area contributed by atoms with Crippen molar-refractivity contribution in [3.8, 4) is 0 Å². The molecule has 3 heterocycles. The van der Waals surface area contributed by atoms with Crippen LogP contribution >= 0.6 is 11.3 Å².